The molecule has 0 amide bonds. The molecule has 0 radical (unpaired) electrons. The van der Waals surface area contributed by atoms with Crippen molar-refractivity contribution in [2.24, 2.45) is 0 Å². The van der Waals surface area contributed by atoms with Gasteiger partial charge in [-0.25, -0.2) is 9.13 Å². The van der Waals surface area contributed by atoms with E-state index in [0.717, 1.165) is 6.54 Å². The Bertz CT molecular complexity index is 456. The molecule has 0 bridgehead atoms. The van der Waals surface area contributed by atoms with Gasteiger partial charge in [0, 0.05) is 0 Å². The van der Waals surface area contributed by atoms with Gasteiger partial charge >= 0.3 is 0 Å². The topological polar surface area (TPSA) is 67.4 Å². The van der Waals surface area contributed by atoms with Crippen molar-refractivity contribution in [2.45, 2.75) is 85.7 Å². The summed E-state index contributed by atoms with van der Waals surface area (Å²) in [6, 6.07) is 0. The molecule has 0 fully saturated rings. The van der Waals surface area contributed by atoms with E-state index in [4.69, 9.17) is 0 Å². The second-order valence-electron chi connectivity index (χ2n) is 5.89. The molecular formula is C18H37N2O4P. The highest BCUT2D eigenvalue weighted by Gasteiger charge is 2.04. The van der Waals surface area contributed by atoms with E-state index in [-0.39, 0.29) is 13.2 Å². The van der Waals surface area contributed by atoms with Gasteiger partial charge in [-0.1, -0.05) is 39.0 Å². The van der Waals surface area contributed by atoms with E-state index in [1.54, 1.807) is 13.8 Å². The van der Waals surface area contributed by atoms with Gasteiger partial charge in [0.15, 0.2) is 0 Å². The maximum Gasteiger partial charge on any atom is 0.267 e. The highest BCUT2D eigenvalue weighted by Crippen LogP contribution is 2.37. The molecule has 0 atom stereocenters. The van der Waals surface area contributed by atoms with Crippen molar-refractivity contribution in [1.29, 1.82) is 0 Å². The summed E-state index contributed by atoms with van der Waals surface area (Å²) in [5.41, 5.74) is 0. The number of hydrogen-bond donors (Lipinski definition) is 0. The number of phosphoric ester groups is 1. The molecule has 0 aromatic carbocycles. The maximum absolute atomic E-state index is 10.4. The average molecular weight is 376 g/mol. The summed E-state index contributed by atoms with van der Waals surface area (Å²) in [6.07, 6.45) is 16.3. The minimum atomic E-state index is -3.94. The predicted molar refractivity (Wildman–Crippen MR) is 99.2 cm³/mol. The van der Waals surface area contributed by atoms with E-state index in [0.29, 0.717) is 0 Å². The lowest BCUT2D eigenvalue weighted by atomic mass is 10.1. The lowest BCUT2D eigenvalue weighted by Gasteiger charge is -2.20. The Labute approximate surface area is 153 Å². The normalized spacial score (nSPS) is 11.2. The number of hydrogen-bond acceptors (Lipinski definition) is 4. The molecule has 1 aromatic rings. The molecule has 7 heteroatoms. The van der Waals surface area contributed by atoms with Crippen LogP contribution in [0, 0.1) is 0 Å². The number of aryl methyl sites for hydroxylation is 2. The maximum atomic E-state index is 10.4. The first-order valence-corrected chi connectivity index (χ1v) is 11.1. The zero-order valence-corrected chi connectivity index (χ0v) is 17.4. The lowest BCUT2D eigenvalue weighted by molar-refractivity contribution is -0.693. The second kappa shape index (κ2) is 15.6. The molecule has 0 aliphatic heterocycles. The molecule has 0 N–H and O–H groups in total. The summed E-state index contributed by atoms with van der Waals surface area (Å²) in [5.74, 6) is 0. The molecule has 148 valence electrons. The number of imidazole rings is 1. The smallest absolute Gasteiger partial charge is 0.267 e. The van der Waals surface area contributed by atoms with Crippen LogP contribution in [-0.4, -0.2) is 17.8 Å². The molecule has 25 heavy (non-hydrogen) atoms. The van der Waals surface area contributed by atoms with Crippen molar-refractivity contribution < 1.29 is 23.1 Å². The molecule has 0 saturated heterocycles. The minimum Gasteiger partial charge on any atom is -0.756 e. The van der Waals surface area contributed by atoms with Gasteiger partial charge in [0.25, 0.3) is 7.82 Å². The molecule has 0 aliphatic carbocycles. The minimum absolute atomic E-state index is 0.126. The van der Waals surface area contributed by atoms with Gasteiger partial charge in [-0.3, -0.25) is 4.57 Å². The van der Waals surface area contributed by atoms with Gasteiger partial charge in [-0.05, 0) is 33.6 Å². The van der Waals surface area contributed by atoms with Crippen LogP contribution in [0.25, 0.3) is 0 Å². The summed E-state index contributed by atoms with van der Waals surface area (Å²) in [7, 11) is -3.94. The monoisotopic (exact) mass is 376 g/mol. The van der Waals surface area contributed by atoms with E-state index in [9.17, 15) is 9.46 Å². The Morgan fingerprint density at radius 1 is 0.960 bits per heavy atom. The Morgan fingerprint density at radius 3 is 2.00 bits per heavy atom. The number of unbranched alkanes of at least 4 members (excludes halogenated alkanes) is 6. The van der Waals surface area contributed by atoms with E-state index in [1.165, 1.54) is 51.5 Å². The molecule has 1 aromatic heterocycles. The van der Waals surface area contributed by atoms with Crippen molar-refractivity contribution in [1.82, 2.24) is 4.57 Å². The Balaban J connectivity index is 0.000000547. The van der Waals surface area contributed by atoms with Gasteiger partial charge in [0.1, 0.15) is 12.4 Å². The summed E-state index contributed by atoms with van der Waals surface area (Å²) >= 11 is 0. The molecule has 1 rings (SSSR count). The van der Waals surface area contributed by atoms with Crippen LogP contribution in [0.4, 0.5) is 0 Å². The first-order valence-electron chi connectivity index (χ1n) is 9.63. The fourth-order valence-corrected chi connectivity index (χ4v) is 3.07. The number of rotatable bonds is 13. The Hall–Kier alpha value is -0.680. The third-order valence-electron chi connectivity index (χ3n) is 3.71. The Morgan fingerprint density at radius 2 is 1.52 bits per heavy atom. The standard InChI is InChI=1S/C14H27N2.C4H11O4P/c1-3-5-6-7-8-9-10-11-16-13-12-15(4-2)14-16;1-3-7-9(5,6)8-4-2/h12-14H,3-11H2,1-2H3;3-4H2,1-2H3,(H,5,6)/q+1;/p-1. The van der Waals surface area contributed by atoms with Crippen LogP contribution in [-0.2, 0) is 26.7 Å². The first-order chi connectivity index (χ1) is 12.0. The van der Waals surface area contributed by atoms with Crippen LogP contribution in [0.15, 0.2) is 18.7 Å². The molecule has 0 unspecified atom stereocenters. The van der Waals surface area contributed by atoms with Gasteiger partial charge in [-0.2, -0.15) is 0 Å². The molecule has 0 aliphatic rings. The van der Waals surface area contributed by atoms with Crippen LogP contribution in [0.2, 0.25) is 0 Å². The predicted octanol–water partition coefficient (Wildman–Crippen LogP) is 4.07. The van der Waals surface area contributed by atoms with Crippen molar-refractivity contribution in [2.75, 3.05) is 13.2 Å². The van der Waals surface area contributed by atoms with Crippen LogP contribution in [0.5, 0.6) is 0 Å². The highest BCUT2D eigenvalue weighted by atomic mass is 31.2. The van der Waals surface area contributed by atoms with E-state index >= 15 is 0 Å². The van der Waals surface area contributed by atoms with E-state index in [2.05, 4.69) is 50.8 Å². The van der Waals surface area contributed by atoms with Crippen molar-refractivity contribution in [3.63, 3.8) is 0 Å². The quantitative estimate of drug-likeness (QED) is 0.296. The summed E-state index contributed by atoms with van der Waals surface area (Å²) in [6.45, 7) is 10.1. The molecule has 6 nitrogen and oxygen atoms in total. The average Bonchev–Trinajstić information content (AvgIpc) is 3.02. The zero-order valence-electron chi connectivity index (χ0n) is 16.5. The molecule has 0 spiro atoms. The second-order valence-corrected chi connectivity index (χ2v) is 7.30. The lowest BCUT2D eigenvalue weighted by Crippen LogP contribution is -2.28. The number of phosphoric acid groups is 1. The van der Waals surface area contributed by atoms with Gasteiger partial charge < -0.3 is 13.9 Å². The van der Waals surface area contributed by atoms with Crippen LogP contribution in [0.3, 0.4) is 0 Å². The van der Waals surface area contributed by atoms with Crippen LogP contribution < -0.4 is 9.46 Å². The van der Waals surface area contributed by atoms with Gasteiger partial charge in [-0.15, -0.1) is 0 Å². The summed E-state index contributed by atoms with van der Waals surface area (Å²) in [4.78, 5) is 10.4. The van der Waals surface area contributed by atoms with Crippen molar-refractivity contribution in [3.05, 3.63) is 18.7 Å². The zero-order chi connectivity index (χ0) is 19.0. The van der Waals surface area contributed by atoms with Crippen molar-refractivity contribution in [3.8, 4) is 0 Å². The van der Waals surface area contributed by atoms with Crippen LogP contribution >= 0.6 is 7.82 Å². The largest absolute Gasteiger partial charge is 0.756 e. The van der Waals surface area contributed by atoms with Gasteiger partial charge in [0.05, 0.1) is 26.3 Å². The van der Waals surface area contributed by atoms with Crippen LogP contribution in [0.1, 0.15) is 72.6 Å². The number of aromatic nitrogens is 2. The van der Waals surface area contributed by atoms with E-state index in [1.807, 2.05) is 0 Å². The molecular weight excluding hydrogens is 339 g/mol. The Kier molecular flexibility index (Phi) is 15.1. The third-order valence-corrected chi connectivity index (χ3v) is 4.85. The summed E-state index contributed by atoms with van der Waals surface area (Å²) in [5, 5.41) is 0. The fourth-order valence-electron chi connectivity index (χ4n) is 2.36. The SMILES string of the molecule is CCCCCCCCCn1cc[n+](CC)c1.CCOP(=O)([O-])OCC. The number of nitrogens with zero attached hydrogens (tertiary/aromatic N) is 2. The van der Waals surface area contributed by atoms with Gasteiger partial charge in [0.2, 0.25) is 6.33 Å². The first kappa shape index (κ1) is 24.3. The highest BCUT2D eigenvalue weighted by molar-refractivity contribution is 7.45. The molecule has 1 heterocycles. The fraction of sp³-hybridized carbons (Fsp3) is 0.833. The molecule has 0 saturated carbocycles. The van der Waals surface area contributed by atoms with E-state index < -0.39 is 7.82 Å². The van der Waals surface area contributed by atoms with Crippen molar-refractivity contribution >= 4 is 7.82 Å². The summed E-state index contributed by atoms with van der Waals surface area (Å²) < 4.78 is 23.4. The third kappa shape index (κ3) is 14.2.